The van der Waals surface area contributed by atoms with E-state index in [1.54, 1.807) is 0 Å². The summed E-state index contributed by atoms with van der Waals surface area (Å²) < 4.78 is 13.0. The molecular formula is C16H27N2O2+. The average molecular weight is 279 g/mol. The standard InChI is InChI=1S/C16H27N2O2/c1-3-19-12-13-20-11-10-18-9-4-6-15(14-18)16-7-5-8-17(16)2/h4,6,9,14,16H,3,5,7-8,10-13H2,1-2H3/q+1. The first kappa shape index (κ1) is 15.4. The first-order valence-electron chi connectivity index (χ1n) is 7.66. The van der Waals surface area contributed by atoms with Crippen LogP contribution in [0.4, 0.5) is 0 Å². The van der Waals surface area contributed by atoms with Crippen molar-refractivity contribution in [3.63, 3.8) is 0 Å². The predicted molar refractivity (Wildman–Crippen MR) is 78.6 cm³/mol. The van der Waals surface area contributed by atoms with Crippen molar-refractivity contribution in [1.82, 2.24) is 4.90 Å². The molecule has 1 aromatic heterocycles. The average Bonchev–Trinajstić information content (AvgIpc) is 2.89. The molecule has 0 saturated carbocycles. The topological polar surface area (TPSA) is 25.6 Å². The van der Waals surface area contributed by atoms with E-state index in [1.807, 2.05) is 6.92 Å². The molecule has 20 heavy (non-hydrogen) atoms. The van der Waals surface area contributed by atoms with Gasteiger partial charge in [-0.3, -0.25) is 4.90 Å². The van der Waals surface area contributed by atoms with Crippen LogP contribution in [0.25, 0.3) is 0 Å². The second kappa shape index (κ2) is 8.35. The summed E-state index contributed by atoms with van der Waals surface area (Å²) in [5.41, 5.74) is 1.42. The summed E-state index contributed by atoms with van der Waals surface area (Å²) in [5.74, 6) is 0. The summed E-state index contributed by atoms with van der Waals surface area (Å²) in [6.07, 6.45) is 6.95. The summed E-state index contributed by atoms with van der Waals surface area (Å²) in [6.45, 7) is 6.97. The molecule has 4 heteroatoms. The van der Waals surface area contributed by atoms with Gasteiger partial charge in [-0.25, -0.2) is 4.57 Å². The van der Waals surface area contributed by atoms with E-state index in [2.05, 4.69) is 41.0 Å². The zero-order valence-electron chi connectivity index (χ0n) is 12.8. The van der Waals surface area contributed by atoms with Crippen LogP contribution in [0, 0.1) is 0 Å². The summed E-state index contributed by atoms with van der Waals surface area (Å²) in [5, 5.41) is 0. The molecule has 1 saturated heterocycles. The Balaban J connectivity index is 1.78. The Kier molecular flexibility index (Phi) is 6.43. The van der Waals surface area contributed by atoms with Crippen LogP contribution in [0.3, 0.4) is 0 Å². The Morgan fingerprint density at radius 3 is 2.90 bits per heavy atom. The number of hydrogen-bond acceptors (Lipinski definition) is 3. The van der Waals surface area contributed by atoms with E-state index in [9.17, 15) is 0 Å². The van der Waals surface area contributed by atoms with Gasteiger partial charge in [0.1, 0.15) is 6.61 Å². The van der Waals surface area contributed by atoms with Crippen LogP contribution in [-0.2, 0) is 16.0 Å². The van der Waals surface area contributed by atoms with E-state index < -0.39 is 0 Å². The van der Waals surface area contributed by atoms with Gasteiger partial charge in [0.25, 0.3) is 0 Å². The minimum atomic E-state index is 0.585. The molecule has 0 aromatic carbocycles. The number of likely N-dealkylation sites (tertiary alicyclic amines) is 1. The van der Waals surface area contributed by atoms with Gasteiger partial charge >= 0.3 is 0 Å². The number of hydrogen-bond donors (Lipinski definition) is 0. The van der Waals surface area contributed by atoms with Crippen LogP contribution in [-0.4, -0.2) is 44.9 Å². The molecule has 112 valence electrons. The quantitative estimate of drug-likeness (QED) is 0.536. The monoisotopic (exact) mass is 279 g/mol. The Morgan fingerprint density at radius 1 is 1.30 bits per heavy atom. The lowest BCUT2D eigenvalue weighted by molar-refractivity contribution is -0.699. The Labute approximate surface area is 122 Å². The van der Waals surface area contributed by atoms with Gasteiger partial charge in [-0.05, 0) is 39.4 Å². The first-order chi connectivity index (χ1) is 9.81. The van der Waals surface area contributed by atoms with Crippen LogP contribution in [0.1, 0.15) is 31.4 Å². The number of rotatable bonds is 8. The molecule has 0 bridgehead atoms. The van der Waals surface area contributed by atoms with Crippen molar-refractivity contribution < 1.29 is 14.0 Å². The first-order valence-corrected chi connectivity index (χ1v) is 7.66. The molecule has 4 nitrogen and oxygen atoms in total. The number of pyridine rings is 1. The van der Waals surface area contributed by atoms with E-state index in [4.69, 9.17) is 9.47 Å². The molecule has 2 heterocycles. The summed E-state index contributed by atoms with van der Waals surface area (Å²) in [6, 6.07) is 4.96. The lowest BCUT2D eigenvalue weighted by atomic mass is 10.1. The third-order valence-electron chi connectivity index (χ3n) is 3.86. The maximum Gasteiger partial charge on any atom is 0.173 e. The largest absolute Gasteiger partial charge is 0.379 e. The molecule has 1 aromatic rings. The second-order valence-corrected chi connectivity index (χ2v) is 5.32. The summed E-state index contributed by atoms with van der Waals surface area (Å²) in [7, 11) is 2.21. The SMILES string of the molecule is CCOCCOCC[n+]1cccc(C2CCCN2C)c1. The highest BCUT2D eigenvalue weighted by molar-refractivity contribution is 5.12. The number of aromatic nitrogens is 1. The molecule has 1 aliphatic heterocycles. The van der Waals surface area contributed by atoms with Gasteiger partial charge in [0, 0.05) is 24.3 Å². The lowest BCUT2D eigenvalue weighted by Crippen LogP contribution is -2.36. The lowest BCUT2D eigenvalue weighted by Gasteiger charge is -2.18. The molecule has 0 aliphatic carbocycles. The Hall–Kier alpha value is -0.970. The van der Waals surface area contributed by atoms with Crippen LogP contribution in [0.2, 0.25) is 0 Å². The number of ether oxygens (including phenoxy) is 2. The van der Waals surface area contributed by atoms with Gasteiger partial charge in [0.05, 0.1) is 13.2 Å². The molecule has 1 fully saturated rings. The molecule has 1 atom stereocenters. The predicted octanol–water partition coefficient (Wildman–Crippen LogP) is 1.79. The zero-order valence-corrected chi connectivity index (χ0v) is 12.8. The molecule has 0 amide bonds. The van der Waals surface area contributed by atoms with Crippen molar-refractivity contribution in [3.05, 3.63) is 30.1 Å². The maximum absolute atomic E-state index is 5.57. The third kappa shape index (κ3) is 4.54. The van der Waals surface area contributed by atoms with E-state index in [-0.39, 0.29) is 0 Å². The van der Waals surface area contributed by atoms with Gasteiger partial charge in [-0.1, -0.05) is 0 Å². The minimum Gasteiger partial charge on any atom is -0.379 e. The van der Waals surface area contributed by atoms with Crippen LogP contribution < -0.4 is 4.57 Å². The second-order valence-electron chi connectivity index (χ2n) is 5.32. The molecule has 0 radical (unpaired) electrons. The van der Waals surface area contributed by atoms with Crippen LogP contribution in [0.15, 0.2) is 24.5 Å². The van der Waals surface area contributed by atoms with Gasteiger partial charge in [-0.2, -0.15) is 0 Å². The highest BCUT2D eigenvalue weighted by Crippen LogP contribution is 2.29. The normalized spacial score (nSPS) is 19.6. The van der Waals surface area contributed by atoms with E-state index in [0.717, 1.165) is 19.8 Å². The fourth-order valence-electron chi connectivity index (χ4n) is 2.74. The number of nitrogens with zero attached hydrogens (tertiary/aromatic N) is 2. The molecule has 2 rings (SSSR count). The van der Waals surface area contributed by atoms with Crippen molar-refractivity contribution >= 4 is 0 Å². The summed E-state index contributed by atoms with van der Waals surface area (Å²) >= 11 is 0. The summed E-state index contributed by atoms with van der Waals surface area (Å²) in [4.78, 5) is 2.44. The smallest absolute Gasteiger partial charge is 0.173 e. The Morgan fingerprint density at radius 2 is 2.15 bits per heavy atom. The fraction of sp³-hybridized carbons (Fsp3) is 0.688. The van der Waals surface area contributed by atoms with Crippen molar-refractivity contribution in [2.45, 2.75) is 32.4 Å². The molecule has 1 aliphatic rings. The van der Waals surface area contributed by atoms with Crippen molar-refractivity contribution in [1.29, 1.82) is 0 Å². The van der Waals surface area contributed by atoms with E-state index in [1.165, 1.54) is 24.9 Å². The van der Waals surface area contributed by atoms with E-state index >= 15 is 0 Å². The van der Waals surface area contributed by atoms with Gasteiger partial charge < -0.3 is 9.47 Å². The fourth-order valence-corrected chi connectivity index (χ4v) is 2.74. The van der Waals surface area contributed by atoms with Crippen LogP contribution in [0.5, 0.6) is 0 Å². The molecule has 0 N–H and O–H groups in total. The molecule has 0 spiro atoms. The van der Waals surface area contributed by atoms with Crippen molar-refractivity contribution in [2.24, 2.45) is 0 Å². The zero-order chi connectivity index (χ0) is 14.2. The van der Waals surface area contributed by atoms with Gasteiger partial charge in [0.15, 0.2) is 18.9 Å². The van der Waals surface area contributed by atoms with E-state index in [0.29, 0.717) is 19.3 Å². The third-order valence-corrected chi connectivity index (χ3v) is 3.86. The minimum absolute atomic E-state index is 0.585. The molecular weight excluding hydrogens is 252 g/mol. The molecule has 1 unspecified atom stereocenters. The highest BCUT2D eigenvalue weighted by Gasteiger charge is 2.24. The van der Waals surface area contributed by atoms with Gasteiger partial charge in [0.2, 0.25) is 0 Å². The Bertz CT molecular complexity index is 398. The van der Waals surface area contributed by atoms with Crippen molar-refractivity contribution in [3.8, 4) is 0 Å². The highest BCUT2D eigenvalue weighted by atomic mass is 16.5. The van der Waals surface area contributed by atoms with Crippen LogP contribution >= 0.6 is 0 Å². The van der Waals surface area contributed by atoms with Crippen molar-refractivity contribution in [2.75, 3.05) is 40.0 Å². The van der Waals surface area contributed by atoms with Gasteiger partial charge in [-0.15, -0.1) is 0 Å². The maximum atomic E-state index is 5.57.